The van der Waals surface area contributed by atoms with Gasteiger partial charge in [0.2, 0.25) is 0 Å². The van der Waals surface area contributed by atoms with Crippen LogP contribution in [0, 0.1) is 0 Å². The molecular weight excluding hydrogens is 438 g/mol. The number of fused-ring (bicyclic) bond motifs is 2. The van der Waals surface area contributed by atoms with Crippen LogP contribution >= 0.6 is 0 Å². The zero-order chi connectivity index (χ0) is 23.9. The van der Waals surface area contributed by atoms with E-state index in [2.05, 4.69) is 113 Å². The smallest absolute Gasteiger partial charge is 0.0730 e. The molecule has 0 saturated carbocycles. The van der Waals surface area contributed by atoms with Gasteiger partial charge in [0.25, 0.3) is 0 Å². The average molecular weight is 468 g/mol. The van der Waals surface area contributed by atoms with E-state index in [1.54, 1.807) is 0 Å². The number of hydrazone groups is 1. The summed E-state index contributed by atoms with van der Waals surface area (Å²) >= 11 is 0. The Morgan fingerprint density at radius 3 is 2.17 bits per heavy atom. The SMILES string of the molecule is C(=NN(c1ccc2ccccc2c1)c1cccc2ccccc12)c1cc2c3c(c1)CCCN3CCC2. The molecule has 3 heteroatoms. The molecule has 2 heterocycles. The van der Waals surface area contributed by atoms with Gasteiger partial charge < -0.3 is 4.90 Å². The summed E-state index contributed by atoms with van der Waals surface area (Å²) in [5.41, 5.74) is 7.82. The van der Waals surface area contributed by atoms with E-state index in [0.29, 0.717) is 0 Å². The highest BCUT2D eigenvalue weighted by molar-refractivity contribution is 5.98. The van der Waals surface area contributed by atoms with Gasteiger partial charge in [-0.05, 0) is 88.9 Å². The van der Waals surface area contributed by atoms with Crippen LogP contribution in [-0.4, -0.2) is 19.3 Å². The first-order valence-electron chi connectivity index (χ1n) is 13.0. The van der Waals surface area contributed by atoms with Crippen LogP contribution in [0.15, 0.2) is 102 Å². The maximum Gasteiger partial charge on any atom is 0.0730 e. The lowest BCUT2D eigenvalue weighted by molar-refractivity contribution is 0.634. The van der Waals surface area contributed by atoms with Crippen molar-refractivity contribution in [1.29, 1.82) is 0 Å². The Labute approximate surface area is 212 Å². The molecule has 0 aliphatic carbocycles. The van der Waals surface area contributed by atoms with E-state index < -0.39 is 0 Å². The highest BCUT2D eigenvalue weighted by Crippen LogP contribution is 2.37. The quantitative estimate of drug-likeness (QED) is 0.198. The molecule has 3 nitrogen and oxygen atoms in total. The van der Waals surface area contributed by atoms with Crippen molar-refractivity contribution in [3.63, 3.8) is 0 Å². The first kappa shape index (κ1) is 21.2. The molecule has 0 bridgehead atoms. The molecule has 0 N–H and O–H groups in total. The fourth-order valence-electron chi connectivity index (χ4n) is 6.00. The molecular formula is C33H29N3. The van der Waals surface area contributed by atoms with Crippen molar-refractivity contribution in [3.05, 3.63) is 114 Å². The molecule has 7 rings (SSSR count). The zero-order valence-corrected chi connectivity index (χ0v) is 20.4. The van der Waals surface area contributed by atoms with Gasteiger partial charge in [-0.15, -0.1) is 0 Å². The number of hydrogen-bond acceptors (Lipinski definition) is 3. The summed E-state index contributed by atoms with van der Waals surface area (Å²) in [5.74, 6) is 0. The summed E-state index contributed by atoms with van der Waals surface area (Å²) in [6.07, 6.45) is 6.87. The molecule has 0 aromatic heterocycles. The van der Waals surface area contributed by atoms with Crippen molar-refractivity contribution in [1.82, 2.24) is 0 Å². The van der Waals surface area contributed by atoms with Crippen LogP contribution in [-0.2, 0) is 12.8 Å². The lowest BCUT2D eigenvalue weighted by atomic mass is 9.90. The fraction of sp³-hybridized carbons (Fsp3) is 0.182. The minimum atomic E-state index is 1.06. The van der Waals surface area contributed by atoms with Gasteiger partial charge in [-0.1, -0.05) is 66.7 Å². The Kier molecular flexibility index (Phi) is 5.20. The summed E-state index contributed by atoms with van der Waals surface area (Å²) in [6, 6.07) is 34.9. The lowest BCUT2D eigenvalue weighted by Crippen LogP contribution is -2.34. The van der Waals surface area contributed by atoms with Crippen molar-refractivity contribution in [3.8, 4) is 0 Å². The van der Waals surface area contributed by atoms with Crippen LogP contribution in [0.2, 0.25) is 0 Å². The second-order valence-electron chi connectivity index (χ2n) is 9.97. The topological polar surface area (TPSA) is 18.8 Å². The third-order valence-corrected chi connectivity index (χ3v) is 7.65. The molecule has 36 heavy (non-hydrogen) atoms. The third-order valence-electron chi connectivity index (χ3n) is 7.65. The van der Waals surface area contributed by atoms with Crippen molar-refractivity contribution < 1.29 is 0 Å². The predicted octanol–water partition coefficient (Wildman–Crippen LogP) is 7.86. The standard InChI is InChI=1S/C33H29N3/c1-2-10-27-22-30(17-16-25(27)8-1)36(32-15-5-11-26-9-3-4-14-31(26)32)34-23-24-20-28-12-6-18-35-19-7-13-29(21-24)33(28)35/h1-5,8-11,14-17,20-23H,6-7,12-13,18-19H2. The number of benzene rings is 5. The molecule has 2 aliphatic rings. The maximum atomic E-state index is 5.15. The van der Waals surface area contributed by atoms with Crippen LogP contribution in [0.1, 0.15) is 29.5 Å². The number of anilines is 3. The van der Waals surface area contributed by atoms with Crippen LogP contribution in [0.3, 0.4) is 0 Å². The van der Waals surface area contributed by atoms with E-state index in [1.165, 1.54) is 69.9 Å². The number of nitrogens with zero attached hydrogens (tertiary/aromatic N) is 3. The first-order chi connectivity index (χ1) is 17.8. The molecule has 2 aliphatic heterocycles. The largest absolute Gasteiger partial charge is 0.371 e. The Morgan fingerprint density at radius 2 is 1.36 bits per heavy atom. The van der Waals surface area contributed by atoms with Gasteiger partial charge in [0, 0.05) is 24.2 Å². The lowest BCUT2D eigenvalue weighted by Gasteiger charge is -2.37. The summed E-state index contributed by atoms with van der Waals surface area (Å²) in [7, 11) is 0. The Bertz CT molecular complexity index is 1580. The Balaban J connectivity index is 1.36. The van der Waals surface area contributed by atoms with Gasteiger partial charge in [0.05, 0.1) is 17.6 Å². The Hall–Kier alpha value is -4.11. The van der Waals surface area contributed by atoms with Gasteiger partial charge in [-0.2, -0.15) is 5.10 Å². The van der Waals surface area contributed by atoms with E-state index >= 15 is 0 Å². The summed E-state index contributed by atoms with van der Waals surface area (Å²) < 4.78 is 0. The molecule has 176 valence electrons. The molecule has 0 spiro atoms. The van der Waals surface area contributed by atoms with Crippen LogP contribution in [0.5, 0.6) is 0 Å². The summed E-state index contributed by atoms with van der Waals surface area (Å²) in [4.78, 5) is 2.59. The van der Waals surface area contributed by atoms with Crippen molar-refractivity contribution in [2.75, 3.05) is 23.0 Å². The molecule has 0 amide bonds. The van der Waals surface area contributed by atoms with E-state index in [1.807, 2.05) is 0 Å². The molecule has 5 aromatic rings. The average Bonchev–Trinajstić information content (AvgIpc) is 2.93. The Morgan fingerprint density at radius 1 is 0.667 bits per heavy atom. The van der Waals surface area contributed by atoms with Crippen molar-refractivity contribution in [2.45, 2.75) is 25.7 Å². The highest BCUT2D eigenvalue weighted by atomic mass is 15.5. The van der Waals surface area contributed by atoms with Gasteiger partial charge in [0.1, 0.15) is 0 Å². The van der Waals surface area contributed by atoms with Crippen molar-refractivity contribution in [2.24, 2.45) is 5.10 Å². The zero-order valence-electron chi connectivity index (χ0n) is 20.4. The monoisotopic (exact) mass is 467 g/mol. The molecule has 0 radical (unpaired) electrons. The fourth-order valence-corrected chi connectivity index (χ4v) is 6.00. The highest BCUT2D eigenvalue weighted by Gasteiger charge is 2.24. The molecule has 0 atom stereocenters. The molecule has 5 aromatic carbocycles. The number of rotatable bonds is 4. The molecule has 0 saturated heterocycles. The summed E-state index contributed by atoms with van der Waals surface area (Å²) in [5, 5.41) is 12.1. The van der Waals surface area contributed by atoms with Crippen LogP contribution in [0.25, 0.3) is 21.5 Å². The normalized spacial score (nSPS) is 14.9. The van der Waals surface area contributed by atoms with Gasteiger partial charge in [-0.25, -0.2) is 5.01 Å². The third kappa shape index (κ3) is 3.72. The predicted molar refractivity (Wildman–Crippen MR) is 153 cm³/mol. The second-order valence-corrected chi connectivity index (χ2v) is 9.97. The molecule has 0 unspecified atom stereocenters. The van der Waals surface area contributed by atoms with Crippen LogP contribution < -0.4 is 9.91 Å². The van der Waals surface area contributed by atoms with E-state index in [4.69, 9.17) is 5.10 Å². The number of hydrogen-bond donors (Lipinski definition) is 0. The van der Waals surface area contributed by atoms with Gasteiger partial charge in [0.15, 0.2) is 0 Å². The minimum absolute atomic E-state index is 1.06. The minimum Gasteiger partial charge on any atom is -0.371 e. The van der Waals surface area contributed by atoms with E-state index in [9.17, 15) is 0 Å². The van der Waals surface area contributed by atoms with Crippen LogP contribution in [0.4, 0.5) is 17.1 Å². The first-order valence-corrected chi connectivity index (χ1v) is 13.0. The van der Waals surface area contributed by atoms with E-state index in [-0.39, 0.29) is 0 Å². The van der Waals surface area contributed by atoms with E-state index in [0.717, 1.165) is 24.2 Å². The maximum absolute atomic E-state index is 5.15. The second kappa shape index (κ2) is 8.83. The summed E-state index contributed by atoms with van der Waals surface area (Å²) in [6.45, 7) is 2.40. The van der Waals surface area contributed by atoms with Crippen molar-refractivity contribution >= 4 is 44.8 Å². The van der Waals surface area contributed by atoms with Gasteiger partial charge in [-0.3, -0.25) is 0 Å². The number of aryl methyl sites for hydroxylation is 2. The molecule has 0 fully saturated rings. The van der Waals surface area contributed by atoms with Gasteiger partial charge >= 0.3 is 0 Å².